The van der Waals surface area contributed by atoms with Gasteiger partial charge in [-0.3, -0.25) is 14.6 Å². The van der Waals surface area contributed by atoms with Gasteiger partial charge in [0, 0.05) is 30.5 Å². The largest absolute Gasteiger partial charge is 0.321 e. The molecule has 0 unspecified atom stereocenters. The summed E-state index contributed by atoms with van der Waals surface area (Å²) in [5.41, 5.74) is 2.91. The van der Waals surface area contributed by atoms with Crippen LogP contribution in [0.4, 0.5) is 11.4 Å². The van der Waals surface area contributed by atoms with Gasteiger partial charge < -0.3 is 10.2 Å². The molecule has 0 spiro atoms. The third-order valence-corrected chi connectivity index (χ3v) is 3.73. The molecule has 1 aliphatic rings. The van der Waals surface area contributed by atoms with Gasteiger partial charge in [-0.15, -0.1) is 0 Å². The molecule has 0 radical (unpaired) electrons. The van der Waals surface area contributed by atoms with E-state index in [9.17, 15) is 9.59 Å². The summed E-state index contributed by atoms with van der Waals surface area (Å²) < 4.78 is 0. The van der Waals surface area contributed by atoms with Crippen LogP contribution in [0.3, 0.4) is 0 Å². The number of hydrogen-bond donors (Lipinski definition) is 1. The van der Waals surface area contributed by atoms with Gasteiger partial charge in [0.1, 0.15) is 5.69 Å². The number of rotatable bonds is 3. The highest BCUT2D eigenvalue weighted by molar-refractivity contribution is 6.03. The van der Waals surface area contributed by atoms with Crippen molar-refractivity contribution in [3.8, 4) is 0 Å². The van der Waals surface area contributed by atoms with Crippen molar-refractivity contribution in [1.82, 2.24) is 4.98 Å². The third kappa shape index (κ3) is 2.83. The van der Waals surface area contributed by atoms with Gasteiger partial charge in [0.25, 0.3) is 5.91 Å². The normalized spacial score (nSPS) is 14.2. The summed E-state index contributed by atoms with van der Waals surface area (Å²) in [6, 6.07) is 10.8. The van der Waals surface area contributed by atoms with Crippen LogP contribution in [0.25, 0.3) is 0 Å². The van der Waals surface area contributed by atoms with Gasteiger partial charge in [-0.25, -0.2) is 0 Å². The molecule has 0 bridgehead atoms. The Kier molecular flexibility index (Phi) is 3.87. The molecule has 2 heterocycles. The summed E-state index contributed by atoms with van der Waals surface area (Å²) in [5, 5.41) is 2.82. The van der Waals surface area contributed by atoms with E-state index in [0.29, 0.717) is 17.8 Å². The molecule has 0 atom stereocenters. The van der Waals surface area contributed by atoms with Gasteiger partial charge in [-0.1, -0.05) is 12.1 Å². The van der Waals surface area contributed by atoms with Crippen LogP contribution in [0.2, 0.25) is 0 Å². The monoisotopic (exact) mass is 295 g/mol. The Labute approximate surface area is 129 Å². The quantitative estimate of drug-likeness (QED) is 0.947. The maximum Gasteiger partial charge on any atom is 0.274 e. The summed E-state index contributed by atoms with van der Waals surface area (Å²) in [6.45, 7) is 2.70. The number of nitrogens with zero attached hydrogens (tertiary/aromatic N) is 2. The van der Waals surface area contributed by atoms with Crippen LogP contribution in [-0.4, -0.2) is 23.3 Å². The molecule has 2 aromatic rings. The Hall–Kier alpha value is -2.69. The molecule has 2 amide bonds. The first-order valence-electron chi connectivity index (χ1n) is 7.28. The van der Waals surface area contributed by atoms with Gasteiger partial charge in [0.15, 0.2) is 0 Å². The first-order chi connectivity index (χ1) is 10.6. The first-order valence-corrected chi connectivity index (χ1v) is 7.28. The Balaban J connectivity index is 1.83. The average Bonchev–Trinajstić information content (AvgIpc) is 2.96. The van der Waals surface area contributed by atoms with Gasteiger partial charge in [-0.05, 0) is 43.2 Å². The number of pyridine rings is 1. The molecule has 0 aliphatic carbocycles. The molecule has 3 rings (SSSR count). The van der Waals surface area contributed by atoms with Crippen LogP contribution in [0, 0.1) is 6.92 Å². The van der Waals surface area contributed by atoms with Crippen molar-refractivity contribution in [2.24, 2.45) is 0 Å². The number of carbonyl (C=O) groups excluding carboxylic acids is 2. The number of benzene rings is 1. The minimum absolute atomic E-state index is 0.135. The van der Waals surface area contributed by atoms with Crippen molar-refractivity contribution >= 4 is 23.2 Å². The van der Waals surface area contributed by atoms with Gasteiger partial charge in [0.2, 0.25) is 5.91 Å². The lowest BCUT2D eigenvalue weighted by Crippen LogP contribution is -2.24. The van der Waals surface area contributed by atoms with Crippen LogP contribution in [0.15, 0.2) is 42.6 Å². The van der Waals surface area contributed by atoms with Crippen molar-refractivity contribution in [2.45, 2.75) is 19.8 Å². The van der Waals surface area contributed by atoms with E-state index in [4.69, 9.17) is 0 Å². The van der Waals surface area contributed by atoms with E-state index in [2.05, 4.69) is 10.3 Å². The second-order valence-corrected chi connectivity index (χ2v) is 5.32. The third-order valence-electron chi connectivity index (χ3n) is 3.73. The zero-order valence-electron chi connectivity index (χ0n) is 12.4. The van der Waals surface area contributed by atoms with Crippen LogP contribution in [-0.2, 0) is 4.79 Å². The summed E-state index contributed by atoms with van der Waals surface area (Å²) in [5.74, 6) is -0.126. The lowest BCUT2D eigenvalue weighted by Gasteiger charge is -2.19. The minimum Gasteiger partial charge on any atom is -0.321 e. The van der Waals surface area contributed by atoms with E-state index in [-0.39, 0.29) is 11.8 Å². The summed E-state index contributed by atoms with van der Waals surface area (Å²) in [4.78, 5) is 29.9. The van der Waals surface area contributed by atoms with Crippen LogP contribution < -0.4 is 10.2 Å². The fourth-order valence-electron chi connectivity index (χ4n) is 2.57. The van der Waals surface area contributed by atoms with Crippen molar-refractivity contribution in [3.63, 3.8) is 0 Å². The topological polar surface area (TPSA) is 62.3 Å². The Morgan fingerprint density at radius 1 is 1.27 bits per heavy atom. The number of nitrogens with one attached hydrogen (secondary N) is 1. The maximum atomic E-state index is 12.1. The lowest BCUT2D eigenvalue weighted by molar-refractivity contribution is -0.117. The molecule has 0 saturated carbocycles. The summed E-state index contributed by atoms with van der Waals surface area (Å²) in [6.07, 6.45) is 3.05. The second kappa shape index (κ2) is 5.97. The average molecular weight is 295 g/mol. The van der Waals surface area contributed by atoms with Crippen molar-refractivity contribution in [3.05, 3.63) is 53.9 Å². The number of hydrogen-bond acceptors (Lipinski definition) is 3. The van der Waals surface area contributed by atoms with E-state index in [1.54, 1.807) is 29.3 Å². The maximum absolute atomic E-state index is 12.1. The Morgan fingerprint density at radius 3 is 2.82 bits per heavy atom. The Bertz CT molecular complexity index is 713. The van der Waals surface area contributed by atoms with E-state index in [1.807, 2.05) is 25.1 Å². The molecule has 1 N–H and O–H groups in total. The number of aromatic nitrogens is 1. The number of aryl methyl sites for hydroxylation is 1. The van der Waals surface area contributed by atoms with Crippen LogP contribution in [0.1, 0.15) is 28.9 Å². The fraction of sp³-hybridized carbons (Fsp3) is 0.235. The molecule has 112 valence electrons. The molecule has 5 nitrogen and oxygen atoms in total. The fourth-order valence-corrected chi connectivity index (χ4v) is 2.57. The minimum atomic E-state index is -0.261. The number of anilines is 2. The van der Waals surface area contributed by atoms with Crippen LogP contribution >= 0.6 is 0 Å². The predicted molar refractivity (Wildman–Crippen MR) is 85.0 cm³/mol. The zero-order chi connectivity index (χ0) is 15.5. The van der Waals surface area contributed by atoms with E-state index in [1.165, 1.54) is 0 Å². The lowest BCUT2D eigenvalue weighted by atomic mass is 10.1. The van der Waals surface area contributed by atoms with Crippen LogP contribution in [0.5, 0.6) is 0 Å². The van der Waals surface area contributed by atoms with Gasteiger partial charge in [0.05, 0.1) is 0 Å². The molecule has 1 aliphatic heterocycles. The Morgan fingerprint density at radius 2 is 2.14 bits per heavy atom. The molecule has 5 heteroatoms. The van der Waals surface area contributed by atoms with E-state index in [0.717, 1.165) is 24.2 Å². The molecular weight excluding hydrogens is 278 g/mol. The van der Waals surface area contributed by atoms with Gasteiger partial charge >= 0.3 is 0 Å². The molecule has 22 heavy (non-hydrogen) atoms. The molecular formula is C17H17N3O2. The number of amides is 2. The molecule has 1 aromatic heterocycles. The summed E-state index contributed by atoms with van der Waals surface area (Å²) >= 11 is 0. The zero-order valence-corrected chi connectivity index (χ0v) is 12.4. The van der Waals surface area contributed by atoms with E-state index >= 15 is 0 Å². The standard InChI is InChI=1S/C17H17N3O2/c1-12-7-8-13(11-15(12)20-10-4-6-16(20)21)19-17(22)14-5-2-3-9-18-14/h2-3,5,7-9,11H,4,6,10H2,1H3,(H,19,22). The highest BCUT2D eigenvalue weighted by atomic mass is 16.2. The highest BCUT2D eigenvalue weighted by Crippen LogP contribution is 2.28. The van der Waals surface area contributed by atoms with Crippen molar-refractivity contribution in [1.29, 1.82) is 0 Å². The van der Waals surface area contributed by atoms with Gasteiger partial charge in [-0.2, -0.15) is 0 Å². The van der Waals surface area contributed by atoms with E-state index < -0.39 is 0 Å². The van der Waals surface area contributed by atoms with Crippen molar-refractivity contribution in [2.75, 3.05) is 16.8 Å². The van der Waals surface area contributed by atoms with Crippen molar-refractivity contribution < 1.29 is 9.59 Å². The first kappa shape index (κ1) is 14.3. The number of carbonyl (C=O) groups is 2. The molecule has 1 fully saturated rings. The highest BCUT2D eigenvalue weighted by Gasteiger charge is 2.23. The second-order valence-electron chi connectivity index (χ2n) is 5.32. The predicted octanol–water partition coefficient (Wildman–Crippen LogP) is 2.77. The SMILES string of the molecule is Cc1ccc(NC(=O)c2ccccn2)cc1N1CCCC1=O. The molecule has 1 aromatic carbocycles. The molecule has 1 saturated heterocycles. The smallest absolute Gasteiger partial charge is 0.274 e. The summed E-state index contributed by atoms with van der Waals surface area (Å²) in [7, 11) is 0.